The first-order valence-corrected chi connectivity index (χ1v) is 7.37. The lowest BCUT2D eigenvalue weighted by Crippen LogP contribution is -2.41. The summed E-state index contributed by atoms with van der Waals surface area (Å²) in [6, 6.07) is 6.14. The fourth-order valence-corrected chi connectivity index (χ4v) is 2.81. The molecule has 2 N–H and O–H groups in total. The van der Waals surface area contributed by atoms with Crippen LogP contribution in [-0.2, 0) is 16.6 Å². The van der Waals surface area contributed by atoms with E-state index in [9.17, 15) is 8.42 Å². The second kappa shape index (κ2) is 5.38. The van der Waals surface area contributed by atoms with E-state index in [2.05, 4.69) is 4.72 Å². The first kappa shape index (κ1) is 15.1. The molecule has 0 aliphatic rings. The normalized spacial score (nSPS) is 14.5. The summed E-state index contributed by atoms with van der Waals surface area (Å²) in [7, 11) is -3.54. The Morgan fingerprint density at radius 1 is 1.33 bits per heavy atom. The number of rotatable bonds is 4. The van der Waals surface area contributed by atoms with Crippen LogP contribution in [0.15, 0.2) is 29.2 Å². The zero-order valence-corrected chi connectivity index (χ0v) is 12.1. The van der Waals surface area contributed by atoms with Gasteiger partial charge < -0.3 is 5.11 Å². The average Bonchev–Trinajstić information content (AvgIpc) is 2.27. The van der Waals surface area contributed by atoms with Gasteiger partial charge in [0, 0.05) is 6.04 Å². The molecule has 0 aliphatic heterocycles. The van der Waals surface area contributed by atoms with Crippen LogP contribution in [0.25, 0.3) is 0 Å². The van der Waals surface area contributed by atoms with Gasteiger partial charge >= 0.3 is 0 Å². The van der Waals surface area contributed by atoms with Gasteiger partial charge in [0.2, 0.25) is 10.0 Å². The Labute approximate surface area is 109 Å². The van der Waals surface area contributed by atoms with Crippen molar-refractivity contribution < 1.29 is 13.5 Å². The highest BCUT2D eigenvalue weighted by molar-refractivity contribution is 7.89. The van der Waals surface area contributed by atoms with E-state index in [1.54, 1.807) is 12.1 Å². The Hall–Kier alpha value is -0.910. The van der Waals surface area contributed by atoms with E-state index in [-0.39, 0.29) is 23.0 Å². The highest BCUT2D eigenvalue weighted by Crippen LogP contribution is 2.21. The maximum Gasteiger partial charge on any atom is 0.240 e. The van der Waals surface area contributed by atoms with Crippen molar-refractivity contribution in [3.05, 3.63) is 29.8 Å². The molecule has 1 atom stereocenters. The van der Waals surface area contributed by atoms with Crippen molar-refractivity contribution in [1.82, 2.24) is 4.72 Å². The van der Waals surface area contributed by atoms with Crippen molar-refractivity contribution >= 4 is 10.0 Å². The van der Waals surface area contributed by atoms with Gasteiger partial charge in [-0.05, 0) is 30.0 Å². The fourth-order valence-electron chi connectivity index (χ4n) is 1.29. The summed E-state index contributed by atoms with van der Waals surface area (Å²) in [4.78, 5) is 0.185. The predicted molar refractivity (Wildman–Crippen MR) is 71.6 cm³/mol. The number of aliphatic hydroxyl groups is 1. The molecule has 18 heavy (non-hydrogen) atoms. The molecule has 0 aromatic heterocycles. The molecule has 0 spiro atoms. The van der Waals surface area contributed by atoms with Crippen LogP contribution in [0.4, 0.5) is 0 Å². The molecule has 0 heterocycles. The topological polar surface area (TPSA) is 66.4 Å². The van der Waals surface area contributed by atoms with E-state index in [0.29, 0.717) is 5.56 Å². The number of aliphatic hydroxyl groups excluding tert-OH is 1. The molecular formula is C13H21NO3S. The number of hydrogen-bond donors (Lipinski definition) is 2. The average molecular weight is 271 g/mol. The zero-order valence-electron chi connectivity index (χ0n) is 11.3. The van der Waals surface area contributed by atoms with E-state index in [0.717, 1.165) is 0 Å². The number of hydrogen-bond acceptors (Lipinski definition) is 3. The summed E-state index contributed by atoms with van der Waals surface area (Å²) in [6.45, 7) is 7.60. The smallest absolute Gasteiger partial charge is 0.240 e. The van der Waals surface area contributed by atoms with Crippen LogP contribution in [0.3, 0.4) is 0 Å². The van der Waals surface area contributed by atoms with E-state index in [1.807, 2.05) is 27.7 Å². The van der Waals surface area contributed by atoms with Crippen LogP contribution in [0.5, 0.6) is 0 Å². The van der Waals surface area contributed by atoms with E-state index >= 15 is 0 Å². The van der Waals surface area contributed by atoms with Gasteiger partial charge in [-0.25, -0.2) is 13.1 Å². The van der Waals surface area contributed by atoms with Gasteiger partial charge in [0.1, 0.15) is 0 Å². The molecule has 0 aliphatic carbocycles. The summed E-state index contributed by atoms with van der Waals surface area (Å²) < 4.78 is 27.0. The molecule has 1 rings (SSSR count). The van der Waals surface area contributed by atoms with Gasteiger partial charge in [-0.15, -0.1) is 0 Å². The Bertz CT molecular complexity index is 503. The van der Waals surface area contributed by atoms with Crippen LogP contribution < -0.4 is 4.72 Å². The maximum atomic E-state index is 12.2. The summed E-state index contributed by atoms with van der Waals surface area (Å²) in [5.74, 6) is 0. The third-order valence-electron chi connectivity index (χ3n) is 3.02. The first-order valence-electron chi connectivity index (χ1n) is 5.89. The second-order valence-electron chi connectivity index (χ2n) is 5.51. The van der Waals surface area contributed by atoms with Crippen molar-refractivity contribution in [2.45, 2.75) is 45.2 Å². The minimum atomic E-state index is -3.54. The number of nitrogens with one attached hydrogen (secondary N) is 1. The largest absolute Gasteiger partial charge is 0.392 e. The molecule has 0 fully saturated rings. The molecule has 0 amide bonds. The lowest BCUT2D eigenvalue weighted by Gasteiger charge is -2.27. The van der Waals surface area contributed by atoms with Crippen molar-refractivity contribution in [2.24, 2.45) is 5.41 Å². The lowest BCUT2D eigenvalue weighted by molar-refractivity contribution is 0.281. The molecule has 0 saturated heterocycles. The van der Waals surface area contributed by atoms with E-state index < -0.39 is 10.0 Å². The summed E-state index contributed by atoms with van der Waals surface area (Å²) in [5.41, 5.74) is 0.433. The summed E-state index contributed by atoms with van der Waals surface area (Å²) in [5, 5.41) is 9.02. The molecule has 5 heteroatoms. The third kappa shape index (κ3) is 3.80. The highest BCUT2D eigenvalue weighted by Gasteiger charge is 2.25. The monoisotopic (exact) mass is 271 g/mol. The molecule has 1 aromatic carbocycles. The predicted octanol–water partition coefficient (Wildman–Crippen LogP) is 1.89. The van der Waals surface area contributed by atoms with Gasteiger partial charge in [-0.3, -0.25) is 0 Å². The van der Waals surface area contributed by atoms with E-state index in [4.69, 9.17) is 5.11 Å². The van der Waals surface area contributed by atoms with E-state index in [1.165, 1.54) is 12.1 Å². The van der Waals surface area contributed by atoms with Crippen molar-refractivity contribution in [2.75, 3.05) is 0 Å². The second-order valence-corrected chi connectivity index (χ2v) is 7.23. The molecule has 0 bridgehead atoms. The molecular weight excluding hydrogens is 250 g/mol. The molecule has 1 aromatic rings. The Morgan fingerprint density at radius 2 is 1.94 bits per heavy atom. The molecule has 102 valence electrons. The quantitative estimate of drug-likeness (QED) is 0.879. The van der Waals surface area contributed by atoms with Gasteiger partial charge in [0.25, 0.3) is 0 Å². The summed E-state index contributed by atoms with van der Waals surface area (Å²) >= 11 is 0. The van der Waals surface area contributed by atoms with Crippen molar-refractivity contribution in [3.8, 4) is 0 Å². The lowest BCUT2D eigenvalue weighted by atomic mass is 9.89. The van der Waals surface area contributed by atoms with Crippen LogP contribution in [0, 0.1) is 5.41 Å². The first-order chi connectivity index (χ1) is 8.16. The Kier molecular flexibility index (Phi) is 4.53. The van der Waals surface area contributed by atoms with Crippen molar-refractivity contribution in [1.29, 1.82) is 0 Å². The van der Waals surface area contributed by atoms with Crippen LogP contribution in [0.1, 0.15) is 33.3 Å². The minimum Gasteiger partial charge on any atom is -0.392 e. The van der Waals surface area contributed by atoms with Gasteiger partial charge in [0.15, 0.2) is 0 Å². The molecule has 0 radical (unpaired) electrons. The van der Waals surface area contributed by atoms with Crippen LogP contribution in [0.2, 0.25) is 0 Å². The van der Waals surface area contributed by atoms with Gasteiger partial charge in [0.05, 0.1) is 11.5 Å². The van der Waals surface area contributed by atoms with Crippen LogP contribution in [-0.4, -0.2) is 19.6 Å². The molecule has 0 saturated carbocycles. The number of benzene rings is 1. The van der Waals surface area contributed by atoms with Crippen molar-refractivity contribution in [3.63, 3.8) is 0 Å². The summed E-state index contributed by atoms with van der Waals surface area (Å²) in [6.07, 6.45) is 0. The number of sulfonamides is 1. The standard InChI is InChI=1S/C13H21NO3S/c1-10(13(2,3)4)14-18(16,17)12-7-5-6-11(8-12)9-15/h5-8,10,14-15H,9H2,1-4H3. The van der Waals surface area contributed by atoms with Gasteiger partial charge in [-0.1, -0.05) is 32.9 Å². The zero-order chi connectivity index (χ0) is 14.0. The maximum absolute atomic E-state index is 12.2. The third-order valence-corrected chi connectivity index (χ3v) is 4.56. The molecule has 1 unspecified atom stereocenters. The molecule has 4 nitrogen and oxygen atoms in total. The fraction of sp³-hybridized carbons (Fsp3) is 0.538. The van der Waals surface area contributed by atoms with Crippen LogP contribution >= 0.6 is 0 Å². The SMILES string of the molecule is CC(NS(=O)(=O)c1cccc(CO)c1)C(C)(C)C. The highest BCUT2D eigenvalue weighted by atomic mass is 32.2. The Balaban J connectivity index is 3.00. The minimum absolute atomic E-state index is 0.151. The Morgan fingerprint density at radius 3 is 2.44 bits per heavy atom. The van der Waals surface area contributed by atoms with Gasteiger partial charge in [-0.2, -0.15) is 0 Å².